The van der Waals surface area contributed by atoms with E-state index in [1.54, 1.807) is 12.1 Å². The van der Waals surface area contributed by atoms with E-state index in [0.29, 0.717) is 18.4 Å². The fraction of sp³-hybridized carbons (Fsp3) is 0.280. The molecule has 1 heterocycles. The van der Waals surface area contributed by atoms with E-state index in [0.717, 1.165) is 24.9 Å². The second-order valence-electron chi connectivity index (χ2n) is 7.50. The molecule has 0 unspecified atom stereocenters. The molecule has 1 saturated heterocycles. The van der Waals surface area contributed by atoms with Gasteiger partial charge in [-0.3, -0.25) is 0 Å². The van der Waals surface area contributed by atoms with Gasteiger partial charge in [0.1, 0.15) is 5.75 Å². The van der Waals surface area contributed by atoms with Crippen LogP contribution in [0.4, 0.5) is 0 Å². The minimum Gasteiger partial charge on any atom is -0.508 e. The molecule has 3 nitrogen and oxygen atoms in total. The lowest BCUT2D eigenvalue weighted by Gasteiger charge is -2.35. The van der Waals surface area contributed by atoms with Crippen molar-refractivity contribution < 1.29 is 9.84 Å². The van der Waals surface area contributed by atoms with Crippen LogP contribution in [0.15, 0.2) is 84.9 Å². The van der Waals surface area contributed by atoms with Crippen LogP contribution in [0.3, 0.4) is 0 Å². The molecule has 0 amide bonds. The lowest BCUT2D eigenvalue weighted by Crippen LogP contribution is -2.41. The number of phenolic OH excluding ortho intramolecular Hbond substituents is 1. The van der Waals surface area contributed by atoms with Gasteiger partial charge in [0.2, 0.25) is 0 Å². The van der Waals surface area contributed by atoms with Crippen LogP contribution >= 0.6 is 12.4 Å². The summed E-state index contributed by atoms with van der Waals surface area (Å²) in [7, 11) is 0. The summed E-state index contributed by atoms with van der Waals surface area (Å²) in [4.78, 5) is 0. The minimum absolute atomic E-state index is 0. The summed E-state index contributed by atoms with van der Waals surface area (Å²) in [6.45, 7) is 1.45. The van der Waals surface area contributed by atoms with E-state index in [9.17, 15) is 5.11 Å². The third kappa shape index (κ3) is 5.60. The van der Waals surface area contributed by atoms with E-state index in [4.69, 9.17) is 4.74 Å². The van der Waals surface area contributed by atoms with Crippen molar-refractivity contribution in [2.75, 3.05) is 6.61 Å². The first-order valence-corrected chi connectivity index (χ1v) is 10.0. The Labute approximate surface area is 179 Å². The third-order valence-electron chi connectivity index (χ3n) is 5.51. The summed E-state index contributed by atoms with van der Waals surface area (Å²) in [6.07, 6.45) is 2.29. The fourth-order valence-electron chi connectivity index (χ4n) is 4.07. The van der Waals surface area contributed by atoms with E-state index < -0.39 is 0 Å². The van der Waals surface area contributed by atoms with Gasteiger partial charge in [-0.25, -0.2) is 0 Å². The molecule has 2 atom stereocenters. The topological polar surface area (TPSA) is 41.5 Å². The van der Waals surface area contributed by atoms with Crippen molar-refractivity contribution in [1.82, 2.24) is 5.32 Å². The normalized spacial score (nSPS) is 18.9. The number of hydrogen-bond acceptors (Lipinski definition) is 3. The molecule has 1 aliphatic rings. The average Bonchev–Trinajstić information content (AvgIpc) is 2.75. The molecular weight excluding hydrogens is 382 g/mol. The van der Waals surface area contributed by atoms with Gasteiger partial charge in [0.05, 0.1) is 12.7 Å². The van der Waals surface area contributed by atoms with Gasteiger partial charge in [-0.2, -0.15) is 0 Å². The minimum atomic E-state index is 0. The molecule has 3 aromatic carbocycles. The number of halogens is 1. The molecule has 29 heavy (non-hydrogen) atoms. The third-order valence-corrected chi connectivity index (χ3v) is 5.51. The highest BCUT2D eigenvalue weighted by Gasteiger charge is 2.30. The number of nitrogens with one attached hydrogen (secondary N) is 1. The molecule has 3 aromatic rings. The first kappa shape index (κ1) is 21.4. The van der Waals surface area contributed by atoms with Gasteiger partial charge in [-0.1, -0.05) is 72.8 Å². The molecule has 152 valence electrons. The summed E-state index contributed by atoms with van der Waals surface area (Å²) < 4.78 is 6.36. The van der Waals surface area contributed by atoms with E-state index in [-0.39, 0.29) is 24.4 Å². The quantitative estimate of drug-likeness (QED) is 0.581. The van der Waals surface area contributed by atoms with Gasteiger partial charge in [-0.05, 0) is 41.7 Å². The highest BCUT2D eigenvalue weighted by Crippen LogP contribution is 2.34. The number of benzene rings is 3. The van der Waals surface area contributed by atoms with Crippen LogP contribution < -0.4 is 5.32 Å². The summed E-state index contributed by atoms with van der Waals surface area (Å²) in [5, 5.41) is 13.2. The van der Waals surface area contributed by atoms with Crippen LogP contribution in [0.2, 0.25) is 0 Å². The SMILES string of the molecule is Cl.Oc1cccc(CN[C@H]2CC[C@@H](C(c3ccccc3)c3ccccc3)OC2)c1. The van der Waals surface area contributed by atoms with Crippen LogP contribution in [0.5, 0.6) is 5.75 Å². The Morgan fingerprint density at radius 2 is 1.52 bits per heavy atom. The molecule has 0 aromatic heterocycles. The zero-order chi connectivity index (χ0) is 19.2. The molecular formula is C25H28ClNO2. The molecule has 0 saturated carbocycles. The van der Waals surface area contributed by atoms with Gasteiger partial charge < -0.3 is 15.2 Å². The van der Waals surface area contributed by atoms with Crippen molar-refractivity contribution in [2.45, 2.75) is 37.5 Å². The maximum absolute atomic E-state index is 9.61. The maximum Gasteiger partial charge on any atom is 0.115 e. The number of phenols is 1. The van der Waals surface area contributed by atoms with E-state index in [2.05, 4.69) is 66.0 Å². The smallest absolute Gasteiger partial charge is 0.115 e. The number of rotatable bonds is 6. The van der Waals surface area contributed by atoms with Crippen molar-refractivity contribution in [3.8, 4) is 5.75 Å². The maximum atomic E-state index is 9.61. The summed E-state index contributed by atoms with van der Waals surface area (Å²) in [6, 6.07) is 29.1. The summed E-state index contributed by atoms with van der Waals surface area (Å²) in [5.74, 6) is 0.572. The van der Waals surface area contributed by atoms with E-state index >= 15 is 0 Å². The molecule has 4 heteroatoms. The fourth-order valence-corrected chi connectivity index (χ4v) is 4.07. The van der Waals surface area contributed by atoms with Crippen LogP contribution in [-0.2, 0) is 11.3 Å². The predicted octanol–water partition coefficient (Wildman–Crippen LogP) is 5.28. The lowest BCUT2D eigenvalue weighted by atomic mass is 9.83. The van der Waals surface area contributed by atoms with Crippen LogP contribution in [-0.4, -0.2) is 23.9 Å². The van der Waals surface area contributed by atoms with Crippen molar-refractivity contribution in [2.24, 2.45) is 0 Å². The second kappa shape index (κ2) is 10.4. The highest BCUT2D eigenvalue weighted by molar-refractivity contribution is 5.85. The monoisotopic (exact) mass is 409 g/mol. The standard InChI is InChI=1S/C25H27NO2.ClH/c27-23-13-7-8-19(16-23)17-26-22-14-15-24(28-18-22)25(20-9-3-1-4-10-20)21-11-5-2-6-12-21;/h1-13,16,22,24-27H,14-15,17-18H2;1H/t22-,24-;/m0./s1. The molecule has 0 spiro atoms. The number of ether oxygens (including phenoxy) is 1. The van der Waals surface area contributed by atoms with Crippen LogP contribution in [0, 0.1) is 0 Å². The average molecular weight is 410 g/mol. The zero-order valence-electron chi connectivity index (χ0n) is 16.4. The largest absolute Gasteiger partial charge is 0.508 e. The Morgan fingerprint density at radius 3 is 2.07 bits per heavy atom. The van der Waals surface area contributed by atoms with Gasteiger partial charge in [0.25, 0.3) is 0 Å². The molecule has 4 rings (SSSR count). The van der Waals surface area contributed by atoms with Gasteiger partial charge in [-0.15, -0.1) is 12.4 Å². The van der Waals surface area contributed by atoms with Crippen molar-refractivity contribution in [3.05, 3.63) is 102 Å². The predicted molar refractivity (Wildman–Crippen MR) is 120 cm³/mol. The Balaban J connectivity index is 0.00000240. The molecule has 1 aliphatic heterocycles. The van der Waals surface area contributed by atoms with Crippen molar-refractivity contribution in [3.63, 3.8) is 0 Å². The van der Waals surface area contributed by atoms with Crippen LogP contribution in [0.25, 0.3) is 0 Å². The highest BCUT2D eigenvalue weighted by atomic mass is 35.5. The van der Waals surface area contributed by atoms with Gasteiger partial charge in [0, 0.05) is 18.5 Å². The van der Waals surface area contributed by atoms with E-state index in [1.807, 2.05) is 12.1 Å². The molecule has 2 N–H and O–H groups in total. The Kier molecular flexibility index (Phi) is 7.70. The summed E-state index contributed by atoms with van der Waals surface area (Å²) in [5.41, 5.74) is 3.71. The Bertz CT molecular complexity index is 825. The first-order chi connectivity index (χ1) is 13.8. The van der Waals surface area contributed by atoms with Gasteiger partial charge in [0.15, 0.2) is 0 Å². The molecule has 0 radical (unpaired) electrons. The number of hydrogen-bond donors (Lipinski definition) is 2. The first-order valence-electron chi connectivity index (χ1n) is 10.0. The summed E-state index contributed by atoms with van der Waals surface area (Å²) >= 11 is 0. The lowest BCUT2D eigenvalue weighted by molar-refractivity contribution is -0.0116. The second-order valence-corrected chi connectivity index (χ2v) is 7.50. The zero-order valence-corrected chi connectivity index (χ0v) is 17.2. The molecule has 0 aliphatic carbocycles. The molecule has 0 bridgehead atoms. The van der Waals surface area contributed by atoms with Crippen molar-refractivity contribution in [1.29, 1.82) is 0 Å². The Morgan fingerprint density at radius 1 is 0.862 bits per heavy atom. The Hall–Kier alpha value is -2.33. The van der Waals surface area contributed by atoms with Gasteiger partial charge >= 0.3 is 0 Å². The molecule has 1 fully saturated rings. The van der Waals surface area contributed by atoms with Crippen molar-refractivity contribution >= 4 is 12.4 Å². The number of aromatic hydroxyl groups is 1. The van der Waals surface area contributed by atoms with E-state index in [1.165, 1.54) is 11.1 Å². The van der Waals surface area contributed by atoms with Crippen LogP contribution in [0.1, 0.15) is 35.4 Å².